The van der Waals surface area contributed by atoms with Crippen LogP contribution < -0.4 is 5.32 Å². The first kappa shape index (κ1) is 14.9. The number of hydrogen-bond acceptors (Lipinski definition) is 6. The van der Waals surface area contributed by atoms with Gasteiger partial charge in [-0.2, -0.15) is 10.2 Å². The van der Waals surface area contributed by atoms with E-state index in [2.05, 4.69) is 20.5 Å². The van der Waals surface area contributed by atoms with Crippen molar-refractivity contribution in [3.05, 3.63) is 28.0 Å². The zero-order valence-corrected chi connectivity index (χ0v) is 12.4. The van der Waals surface area contributed by atoms with E-state index >= 15 is 0 Å². The predicted octanol–water partition coefficient (Wildman–Crippen LogP) is 1.29. The van der Waals surface area contributed by atoms with E-state index in [-0.39, 0.29) is 5.69 Å². The van der Waals surface area contributed by atoms with Crippen molar-refractivity contribution in [2.45, 2.75) is 33.2 Å². The molecule has 1 N–H and O–H groups in total. The van der Waals surface area contributed by atoms with Crippen molar-refractivity contribution in [3.8, 4) is 0 Å². The summed E-state index contributed by atoms with van der Waals surface area (Å²) < 4.78 is 3.28. The average Bonchev–Trinajstić information content (AvgIpc) is 2.94. The molecule has 2 rings (SSSR count). The molecule has 9 nitrogen and oxygen atoms in total. The van der Waals surface area contributed by atoms with Crippen molar-refractivity contribution < 1.29 is 4.92 Å². The quantitative estimate of drug-likeness (QED) is 0.609. The molecule has 2 heterocycles. The number of hydrogen-bond donors (Lipinski definition) is 1. The highest BCUT2D eigenvalue weighted by atomic mass is 16.6. The van der Waals surface area contributed by atoms with Crippen LogP contribution in [0.2, 0.25) is 0 Å². The molecule has 0 aliphatic rings. The van der Waals surface area contributed by atoms with Gasteiger partial charge in [0.15, 0.2) is 5.82 Å². The minimum Gasteiger partial charge on any atom is -0.364 e. The number of rotatable bonds is 7. The molecule has 0 amide bonds. The molecule has 0 saturated heterocycles. The number of nitrogens with zero attached hydrogens (tertiary/aromatic N) is 6. The summed E-state index contributed by atoms with van der Waals surface area (Å²) in [6, 6.07) is 0. The third kappa shape index (κ3) is 3.36. The van der Waals surface area contributed by atoms with Gasteiger partial charge in [-0.3, -0.25) is 14.8 Å². The molecular weight excluding hydrogens is 274 g/mol. The fraction of sp³-hybridized carbons (Fsp3) is 0.583. The summed E-state index contributed by atoms with van der Waals surface area (Å²) >= 11 is 0. The van der Waals surface area contributed by atoms with Crippen LogP contribution in [-0.4, -0.2) is 36.0 Å². The molecule has 9 heteroatoms. The Balaban J connectivity index is 2.11. The van der Waals surface area contributed by atoms with Gasteiger partial charge >= 0.3 is 5.69 Å². The molecule has 0 atom stereocenters. The maximum atomic E-state index is 11.2. The van der Waals surface area contributed by atoms with E-state index in [4.69, 9.17) is 0 Å². The average molecular weight is 293 g/mol. The van der Waals surface area contributed by atoms with Crippen LogP contribution in [-0.2, 0) is 20.0 Å². The Morgan fingerprint density at radius 3 is 2.76 bits per heavy atom. The van der Waals surface area contributed by atoms with E-state index in [0.717, 1.165) is 6.42 Å². The van der Waals surface area contributed by atoms with Crippen LogP contribution >= 0.6 is 0 Å². The van der Waals surface area contributed by atoms with E-state index < -0.39 is 4.92 Å². The fourth-order valence-corrected chi connectivity index (χ4v) is 2.13. The molecule has 114 valence electrons. The summed E-state index contributed by atoms with van der Waals surface area (Å²) in [5, 5.41) is 22.7. The highest BCUT2D eigenvalue weighted by Gasteiger charge is 2.24. The van der Waals surface area contributed by atoms with Crippen LogP contribution in [0.3, 0.4) is 0 Å². The van der Waals surface area contributed by atoms with Crippen molar-refractivity contribution in [2.24, 2.45) is 7.05 Å². The van der Waals surface area contributed by atoms with Gasteiger partial charge in [0, 0.05) is 26.6 Å². The zero-order chi connectivity index (χ0) is 15.4. The standard InChI is InChI=1S/C12H19N7O2/c1-4-7-18-12(11(19(20)21)9(2)15-18)13-6-5-10-14-8-17(3)16-10/h8,13H,4-7H2,1-3H3. The summed E-state index contributed by atoms with van der Waals surface area (Å²) in [7, 11) is 1.80. The first-order chi connectivity index (χ1) is 10.0. The Morgan fingerprint density at radius 1 is 1.43 bits per heavy atom. The summed E-state index contributed by atoms with van der Waals surface area (Å²) in [6.45, 7) is 4.80. The molecule has 0 aromatic carbocycles. The van der Waals surface area contributed by atoms with E-state index in [1.165, 1.54) is 0 Å². The van der Waals surface area contributed by atoms with Crippen LogP contribution in [0, 0.1) is 17.0 Å². The third-order valence-electron chi connectivity index (χ3n) is 3.00. The highest BCUT2D eigenvalue weighted by Crippen LogP contribution is 2.28. The van der Waals surface area contributed by atoms with Crippen LogP contribution in [0.4, 0.5) is 11.5 Å². The second kappa shape index (κ2) is 6.33. The first-order valence-electron chi connectivity index (χ1n) is 6.83. The molecule has 0 bridgehead atoms. The lowest BCUT2D eigenvalue weighted by atomic mass is 10.3. The lowest BCUT2D eigenvalue weighted by Crippen LogP contribution is -2.12. The monoisotopic (exact) mass is 293 g/mol. The van der Waals surface area contributed by atoms with Crippen molar-refractivity contribution in [3.63, 3.8) is 0 Å². The lowest BCUT2D eigenvalue weighted by molar-refractivity contribution is -0.384. The topological polar surface area (TPSA) is 104 Å². The largest absolute Gasteiger partial charge is 0.364 e. The van der Waals surface area contributed by atoms with Crippen LogP contribution in [0.1, 0.15) is 24.9 Å². The second-order valence-electron chi connectivity index (χ2n) is 4.77. The molecule has 0 saturated carbocycles. The van der Waals surface area contributed by atoms with Gasteiger partial charge in [0.25, 0.3) is 0 Å². The molecule has 2 aromatic rings. The third-order valence-corrected chi connectivity index (χ3v) is 3.00. The minimum absolute atomic E-state index is 0.0393. The van der Waals surface area contributed by atoms with Gasteiger partial charge in [-0.1, -0.05) is 6.92 Å². The summed E-state index contributed by atoms with van der Waals surface area (Å²) in [6.07, 6.45) is 3.08. The molecular formula is C12H19N7O2. The van der Waals surface area contributed by atoms with Crippen LogP contribution in [0.5, 0.6) is 0 Å². The van der Waals surface area contributed by atoms with Gasteiger partial charge in [0.2, 0.25) is 5.82 Å². The number of nitrogens with one attached hydrogen (secondary N) is 1. The number of anilines is 1. The summed E-state index contributed by atoms with van der Waals surface area (Å²) in [5.41, 5.74) is 0.462. The maximum absolute atomic E-state index is 11.2. The zero-order valence-electron chi connectivity index (χ0n) is 12.4. The van der Waals surface area contributed by atoms with E-state index in [9.17, 15) is 10.1 Å². The first-order valence-corrected chi connectivity index (χ1v) is 6.83. The molecule has 0 aliphatic heterocycles. The smallest absolute Gasteiger partial charge is 0.333 e. The number of aromatic nitrogens is 5. The van der Waals surface area contributed by atoms with Crippen molar-refractivity contribution in [1.82, 2.24) is 24.5 Å². The van der Waals surface area contributed by atoms with Gasteiger partial charge in [-0.05, 0) is 13.3 Å². The van der Waals surface area contributed by atoms with Crippen molar-refractivity contribution in [1.29, 1.82) is 0 Å². The fourth-order valence-electron chi connectivity index (χ4n) is 2.13. The van der Waals surface area contributed by atoms with Crippen LogP contribution in [0.15, 0.2) is 6.33 Å². The predicted molar refractivity (Wildman–Crippen MR) is 77.1 cm³/mol. The molecule has 2 aromatic heterocycles. The van der Waals surface area contributed by atoms with Gasteiger partial charge in [-0.15, -0.1) is 0 Å². The van der Waals surface area contributed by atoms with Gasteiger partial charge < -0.3 is 5.32 Å². The molecule has 0 unspecified atom stereocenters. The van der Waals surface area contributed by atoms with Gasteiger partial charge in [0.05, 0.1) is 4.92 Å². The van der Waals surface area contributed by atoms with Crippen molar-refractivity contribution in [2.75, 3.05) is 11.9 Å². The summed E-state index contributed by atoms with van der Waals surface area (Å²) in [4.78, 5) is 14.9. The molecule has 0 aliphatic carbocycles. The van der Waals surface area contributed by atoms with E-state index in [1.54, 1.807) is 29.7 Å². The van der Waals surface area contributed by atoms with E-state index in [0.29, 0.717) is 36.8 Å². The Bertz CT molecular complexity index is 632. The van der Waals surface area contributed by atoms with E-state index in [1.807, 2.05) is 6.92 Å². The SMILES string of the molecule is CCCn1nc(C)c([N+](=O)[O-])c1NCCc1ncn(C)n1. The number of nitro groups is 1. The second-order valence-corrected chi connectivity index (χ2v) is 4.77. The Hall–Kier alpha value is -2.45. The molecule has 0 spiro atoms. The Kier molecular flexibility index (Phi) is 4.51. The Morgan fingerprint density at radius 2 is 2.19 bits per heavy atom. The highest BCUT2D eigenvalue weighted by molar-refractivity contribution is 5.59. The molecule has 0 radical (unpaired) electrons. The Labute approximate surface area is 122 Å². The number of aryl methyl sites for hydroxylation is 3. The van der Waals surface area contributed by atoms with Gasteiger partial charge in [0.1, 0.15) is 12.0 Å². The maximum Gasteiger partial charge on any atom is 0.333 e. The van der Waals surface area contributed by atoms with Crippen LogP contribution in [0.25, 0.3) is 0 Å². The summed E-state index contributed by atoms with van der Waals surface area (Å²) in [5.74, 6) is 1.15. The molecule has 0 fully saturated rings. The normalized spacial score (nSPS) is 10.8. The minimum atomic E-state index is -0.393. The molecule has 21 heavy (non-hydrogen) atoms. The van der Waals surface area contributed by atoms with Crippen molar-refractivity contribution >= 4 is 11.5 Å². The van der Waals surface area contributed by atoms with Gasteiger partial charge in [-0.25, -0.2) is 9.67 Å². The lowest BCUT2D eigenvalue weighted by Gasteiger charge is -2.07.